The molecule has 100 valence electrons. The van der Waals surface area contributed by atoms with E-state index >= 15 is 0 Å². The number of rotatable bonds is 5. The molecule has 0 atom stereocenters. The zero-order valence-electron chi connectivity index (χ0n) is 10.4. The monoisotopic (exact) mass is 295 g/mol. The molecule has 2 aromatic rings. The molecule has 0 saturated heterocycles. The predicted molar refractivity (Wildman–Crippen MR) is 79.6 cm³/mol. The van der Waals surface area contributed by atoms with E-state index in [0.29, 0.717) is 16.6 Å². The first-order valence-corrected chi connectivity index (χ1v) is 6.98. The molecular weight excluding hydrogens is 282 g/mol. The van der Waals surface area contributed by atoms with E-state index in [1.54, 1.807) is 31.0 Å². The molecule has 1 aromatic heterocycles. The molecule has 6 heteroatoms. The summed E-state index contributed by atoms with van der Waals surface area (Å²) >= 11 is 7.75. The molecule has 1 heterocycles. The minimum Gasteiger partial charge on any atom is -0.497 e. The van der Waals surface area contributed by atoms with Crippen molar-refractivity contribution in [3.05, 3.63) is 47.1 Å². The van der Waals surface area contributed by atoms with Crippen molar-refractivity contribution in [3.63, 3.8) is 0 Å². The van der Waals surface area contributed by atoms with E-state index in [1.165, 1.54) is 0 Å². The van der Waals surface area contributed by atoms with E-state index in [9.17, 15) is 0 Å². The second-order valence-corrected chi connectivity index (χ2v) is 5.19. The van der Waals surface area contributed by atoms with E-state index in [4.69, 9.17) is 22.2 Å². The van der Waals surface area contributed by atoms with Crippen molar-refractivity contribution >= 4 is 29.2 Å². The summed E-state index contributed by atoms with van der Waals surface area (Å²) in [5.74, 6) is 7.44. The van der Waals surface area contributed by atoms with Gasteiger partial charge in [-0.15, -0.1) is 11.8 Å². The average Bonchev–Trinajstić information content (AvgIpc) is 2.46. The summed E-state index contributed by atoms with van der Waals surface area (Å²) in [6.45, 7) is 0. The Balaban J connectivity index is 2.09. The van der Waals surface area contributed by atoms with Gasteiger partial charge in [0.2, 0.25) is 0 Å². The lowest BCUT2D eigenvalue weighted by atomic mass is 10.3. The van der Waals surface area contributed by atoms with Crippen LogP contribution in [0.3, 0.4) is 0 Å². The Hall–Kier alpha value is -1.43. The van der Waals surface area contributed by atoms with Gasteiger partial charge in [0.15, 0.2) is 0 Å². The molecule has 0 bridgehead atoms. The van der Waals surface area contributed by atoms with E-state index in [1.807, 2.05) is 24.3 Å². The third-order valence-corrected chi connectivity index (χ3v) is 3.83. The molecule has 0 saturated carbocycles. The van der Waals surface area contributed by atoms with Crippen LogP contribution in [0.5, 0.6) is 5.75 Å². The zero-order valence-corrected chi connectivity index (χ0v) is 12.0. The zero-order chi connectivity index (χ0) is 13.7. The van der Waals surface area contributed by atoms with Gasteiger partial charge in [-0.2, -0.15) is 0 Å². The van der Waals surface area contributed by atoms with Gasteiger partial charge < -0.3 is 10.2 Å². The second-order valence-electron chi connectivity index (χ2n) is 3.74. The van der Waals surface area contributed by atoms with Crippen molar-refractivity contribution in [1.29, 1.82) is 0 Å². The third-order valence-electron chi connectivity index (χ3n) is 2.48. The molecule has 19 heavy (non-hydrogen) atoms. The first-order chi connectivity index (χ1) is 9.22. The maximum absolute atomic E-state index is 6.11. The van der Waals surface area contributed by atoms with Crippen molar-refractivity contribution in [2.45, 2.75) is 10.6 Å². The molecule has 0 aliphatic rings. The standard InChI is InChI=1S/C13H14ClN3OS/c1-18-9-3-2-4-10(7-9)19-8-12-11(14)5-6-13(16-12)17-15/h2-7H,8,15H2,1H3,(H,16,17). The van der Waals surface area contributed by atoms with E-state index in [0.717, 1.165) is 16.3 Å². The molecule has 2 rings (SSSR count). The van der Waals surface area contributed by atoms with Gasteiger partial charge >= 0.3 is 0 Å². The lowest BCUT2D eigenvalue weighted by Gasteiger charge is -2.07. The van der Waals surface area contributed by atoms with Crippen molar-refractivity contribution in [3.8, 4) is 5.75 Å². The first-order valence-electron chi connectivity index (χ1n) is 5.62. The van der Waals surface area contributed by atoms with E-state index in [2.05, 4.69) is 10.4 Å². The van der Waals surface area contributed by atoms with Crippen molar-refractivity contribution in [2.75, 3.05) is 12.5 Å². The van der Waals surface area contributed by atoms with Crippen LogP contribution in [-0.4, -0.2) is 12.1 Å². The van der Waals surface area contributed by atoms with Gasteiger partial charge in [0.05, 0.1) is 17.8 Å². The van der Waals surface area contributed by atoms with Crippen LogP contribution in [0, 0.1) is 0 Å². The molecule has 0 spiro atoms. The molecule has 1 aromatic carbocycles. The number of hydrogen-bond acceptors (Lipinski definition) is 5. The highest BCUT2D eigenvalue weighted by atomic mass is 35.5. The second kappa shape index (κ2) is 6.65. The number of nitrogens with zero attached hydrogens (tertiary/aromatic N) is 1. The maximum Gasteiger partial charge on any atom is 0.140 e. The van der Waals surface area contributed by atoms with Crippen LogP contribution in [-0.2, 0) is 5.75 Å². The highest BCUT2D eigenvalue weighted by molar-refractivity contribution is 7.98. The summed E-state index contributed by atoms with van der Waals surface area (Å²) in [6, 6.07) is 11.4. The van der Waals surface area contributed by atoms with Gasteiger partial charge in [-0.3, -0.25) is 0 Å². The number of nitrogens with one attached hydrogen (secondary N) is 1. The van der Waals surface area contributed by atoms with Crippen LogP contribution in [0.1, 0.15) is 5.69 Å². The number of nitrogens with two attached hydrogens (primary N) is 1. The fourth-order valence-corrected chi connectivity index (χ4v) is 2.66. The molecule has 0 fully saturated rings. The summed E-state index contributed by atoms with van der Waals surface area (Å²) in [6.07, 6.45) is 0. The Bertz CT molecular complexity index is 565. The van der Waals surface area contributed by atoms with Gasteiger partial charge in [0, 0.05) is 10.6 Å². The highest BCUT2D eigenvalue weighted by Crippen LogP contribution is 2.28. The number of hydrazine groups is 1. The Labute approximate surface area is 121 Å². The van der Waals surface area contributed by atoms with E-state index < -0.39 is 0 Å². The molecule has 0 radical (unpaired) electrons. The Morgan fingerprint density at radius 3 is 2.95 bits per heavy atom. The van der Waals surface area contributed by atoms with Gasteiger partial charge in [0.25, 0.3) is 0 Å². The Morgan fingerprint density at radius 2 is 2.21 bits per heavy atom. The molecule has 4 nitrogen and oxygen atoms in total. The number of thioether (sulfide) groups is 1. The van der Waals surface area contributed by atoms with Crippen molar-refractivity contribution < 1.29 is 4.74 Å². The van der Waals surface area contributed by atoms with Crippen LogP contribution in [0.25, 0.3) is 0 Å². The molecule has 0 aliphatic carbocycles. The van der Waals surface area contributed by atoms with Gasteiger partial charge in [-0.25, -0.2) is 10.8 Å². The number of halogens is 1. The number of anilines is 1. The summed E-state index contributed by atoms with van der Waals surface area (Å²) in [7, 11) is 1.65. The summed E-state index contributed by atoms with van der Waals surface area (Å²) in [5.41, 5.74) is 3.31. The predicted octanol–water partition coefficient (Wildman–Crippen LogP) is 3.32. The third kappa shape index (κ3) is 3.76. The number of methoxy groups -OCH3 is 1. The topological polar surface area (TPSA) is 60.2 Å². The largest absolute Gasteiger partial charge is 0.497 e. The number of pyridine rings is 1. The van der Waals surface area contributed by atoms with Crippen LogP contribution < -0.4 is 16.0 Å². The quantitative estimate of drug-likeness (QED) is 0.503. The van der Waals surface area contributed by atoms with Crippen molar-refractivity contribution in [1.82, 2.24) is 4.98 Å². The number of aromatic nitrogens is 1. The maximum atomic E-state index is 6.11. The number of benzene rings is 1. The Morgan fingerprint density at radius 1 is 1.37 bits per heavy atom. The Kier molecular flexibility index (Phi) is 4.90. The average molecular weight is 296 g/mol. The lowest BCUT2D eigenvalue weighted by molar-refractivity contribution is 0.413. The van der Waals surface area contributed by atoms with Crippen molar-refractivity contribution in [2.24, 2.45) is 5.84 Å². The first kappa shape index (κ1) is 14.0. The molecule has 3 N–H and O–H groups in total. The fraction of sp³-hybridized carbons (Fsp3) is 0.154. The van der Waals surface area contributed by atoms with Crippen LogP contribution in [0.15, 0.2) is 41.3 Å². The van der Waals surface area contributed by atoms with Gasteiger partial charge in [-0.1, -0.05) is 17.7 Å². The SMILES string of the molecule is COc1cccc(SCc2nc(NN)ccc2Cl)c1. The smallest absolute Gasteiger partial charge is 0.140 e. The minimum atomic E-state index is 0.602. The number of hydrogen-bond donors (Lipinski definition) is 2. The van der Waals surface area contributed by atoms with Gasteiger partial charge in [0.1, 0.15) is 11.6 Å². The highest BCUT2D eigenvalue weighted by Gasteiger charge is 2.05. The van der Waals surface area contributed by atoms with Crippen LogP contribution >= 0.6 is 23.4 Å². The number of nitrogen functional groups attached to an aromatic ring is 1. The van der Waals surface area contributed by atoms with Crippen LogP contribution in [0.2, 0.25) is 5.02 Å². The molecule has 0 aliphatic heterocycles. The summed E-state index contributed by atoms with van der Waals surface area (Å²) < 4.78 is 5.19. The fourth-order valence-electron chi connectivity index (χ4n) is 1.51. The summed E-state index contributed by atoms with van der Waals surface area (Å²) in [5, 5.41) is 0.634. The van der Waals surface area contributed by atoms with Gasteiger partial charge in [-0.05, 0) is 30.3 Å². The molecule has 0 amide bonds. The lowest BCUT2D eigenvalue weighted by Crippen LogP contribution is -2.09. The van der Waals surface area contributed by atoms with Crippen LogP contribution in [0.4, 0.5) is 5.82 Å². The minimum absolute atomic E-state index is 0.602. The number of ether oxygens (including phenoxy) is 1. The molecular formula is C13H14ClN3OS. The molecule has 0 unspecified atom stereocenters. The normalized spacial score (nSPS) is 10.3. The van der Waals surface area contributed by atoms with E-state index in [-0.39, 0.29) is 0 Å². The summed E-state index contributed by atoms with van der Waals surface area (Å²) in [4.78, 5) is 5.43.